The molecule has 1 heterocycles. The Balaban J connectivity index is 2.82. The Morgan fingerprint density at radius 2 is 1.86 bits per heavy atom. The number of hydrogen-bond acceptors (Lipinski definition) is 5. The lowest BCUT2D eigenvalue weighted by atomic mass is 10.3. The van der Waals surface area contributed by atoms with Crippen molar-refractivity contribution in [3.05, 3.63) is 9.81 Å². The highest BCUT2D eigenvalue weighted by Crippen LogP contribution is 2.52. The van der Waals surface area contributed by atoms with Crippen molar-refractivity contribution in [2.45, 2.75) is 4.58 Å². The van der Waals surface area contributed by atoms with E-state index in [2.05, 4.69) is 0 Å². The summed E-state index contributed by atoms with van der Waals surface area (Å²) in [6, 6.07) is 0. The number of nitrogens with two attached hydrogens (primary N) is 1. The van der Waals surface area contributed by atoms with Gasteiger partial charge < -0.3 is 10.8 Å². The van der Waals surface area contributed by atoms with Crippen LogP contribution < -0.4 is 11.5 Å². The van der Waals surface area contributed by atoms with Crippen molar-refractivity contribution in [2.24, 2.45) is 5.73 Å². The third-order valence-electron chi connectivity index (χ3n) is 1.31. The van der Waals surface area contributed by atoms with Crippen molar-refractivity contribution in [3.63, 3.8) is 0 Å². The zero-order chi connectivity index (χ0) is 10.9. The van der Waals surface area contributed by atoms with Gasteiger partial charge in [-0.25, -0.2) is 4.79 Å². The minimum Gasteiger partial charge on any atom is -0.477 e. The Morgan fingerprint density at radius 1 is 1.36 bits per heavy atom. The Kier molecular flexibility index (Phi) is 3.06. The first kappa shape index (κ1) is 10.9. The number of carbonyl (C=O) groups excluding carboxylic acids is 2. The molecular weight excluding hydrogens is 228 g/mol. The van der Waals surface area contributed by atoms with Crippen molar-refractivity contribution < 1.29 is 19.5 Å². The minimum atomic E-state index is -1.41. The molecule has 2 amide bonds. The number of carbonyl (C=O) groups is 3. The normalized spacial score (nSPS) is 19.7. The molecule has 1 aliphatic heterocycles. The molecule has 0 aromatic rings. The molecule has 4 N–H and O–H groups in total. The minimum absolute atomic E-state index is 0.190. The van der Waals surface area contributed by atoms with Crippen LogP contribution in [0.3, 0.4) is 0 Å². The number of primary amides is 1. The second-order valence-electron chi connectivity index (χ2n) is 2.26. The average Bonchev–Trinajstić information content (AvgIpc) is 1.92. The summed E-state index contributed by atoms with van der Waals surface area (Å²) in [5.41, 5.74) is 11.0. The van der Waals surface area contributed by atoms with Crippen LogP contribution >= 0.6 is 23.5 Å². The van der Waals surface area contributed by atoms with E-state index in [1.54, 1.807) is 0 Å². The van der Waals surface area contributed by atoms with Gasteiger partial charge in [0, 0.05) is 0 Å². The van der Waals surface area contributed by atoms with E-state index in [0.29, 0.717) is 0 Å². The van der Waals surface area contributed by atoms with Crippen LogP contribution in [-0.2, 0) is 14.4 Å². The van der Waals surface area contributed by atoms with Gasteiger partial charge >= 0.3 is 5.97 Å². The molecule has 1 fully saturated rings. The quantitative estimate of drug-likeness (QED) is 0.381. The summed E-state index contributed by atoms with van der Waals surface area (Å²) in [5, 5.41) is 8.59. The Labute approximate surface area is 87.1 Å². The molecule has 0 aromatic heterocycles. The lowest BCUT2D eigenvalue weighted by Gasteiger charge is -2.24. The summed E-state index contributed by atoms with van der Waals surface area (Å²) in [6.45, 7) is 0. The number of carboxylic acid groups (broad SMARTS) is 1. The van der Waals surface area contributed by atoms with Gasteiger partial charge in [-0.2, -0.15) is 0 Å². The maximum absolute atomic E-state index is 10.7. The summed E-state index contributed by atoms with van der Waals surface area (Å²) in [5.74, 6) is -3.26. The molecule has 0 aromatic carbocycles. The van der Waals surface area contributed by atoms with Crippen LogP contribution in [0.25, 0.3) is 0 Å². The fraction of sp³-hybridized carbons (Fsp3) is 0.167. The van der Waals surface area contributed by atoms with Gasteiger partial charge in [-0.15, -0.1) is 0 Å². The van der Waals surface area contributed by atoms with Gasteiger partial charge in [-0.05, 0) is 0 Å². The second-order valence-corrected chi connectivity index (χ2v) is 5.05. The van der Waals surface area contributed by atoms with Crippen LogP contribution in [0.4, 0.5) is 0 Å². The molecule has 75 valence electrons. The number of carboxylic acids is 1. The van der Waals surface area contributed by atoms with Gasteiger partial charge in [0.05, 0.1) is 4.24 Å². The summed E-state index contributed by atoms with van der Waals surface area (Å²) in [6.07, 6.45) is 0. The third kappa shape index (κ3) is 2.02. The lowest BCUT2D eigenvalue weighted by molar-refractivity contribution is -0.134. The Morgan fingerprint density at radius 3 is 2.14 bits per heavy atom. The van der Waals surface area contributed by atoms with Crippen LogP contribution in [0.1, 0.15) is 0 Å². The van der Waals surface area contributed by atoms with Gasteiger partial charge in [-0.1, -0.05) is 23.5 Å². The van der Waals surface area contributed by atoms with E-state index in [9.17, 15) is 14.4 Å². The molecule has 1 radical (unpaired) electrons. The van der Waals surface area contributed by atoms with E-state index in [4.69, 9.17) is 16.6 Å². The van der Waals surface area contributed by atoms with Gasteiger partial charge in [-0.3, -0.25) is 15.3 Å². The van der Waals surface area contributed by atoms with E-state index in [1.807, 2.05) is 0 Å². The van der Waals surface area contributed by atoms with Crippen molar-refractivity contribution in [3.8, 4) is 0 Å². The first-order chi connectivity index (χ1) is 6.43. The van der Waals surface area contributed by atoms with Gasteiger partial charge in [0.25, 0.3) is 11.8 Å². The molecule has 0 saturated carbocycles. The number of nitrogens with one attached hydrogen (secondary N) is 1. The zero-order valence-electron chi connectivity index (χ0n) is 6.64. The topological polar surface area (TPSA) is 121 Å². The fourth-order valence-corrected chi connectivity index (χ4v) is 2.82. The molecular formula is C6H5N2O4S2. The SMILES string of the molecule is [NH]C(=O)C1SC(=C(C(N)=O)C(=O)O)S1. The largest absolute Gasteiger partial charge is 0.477 e. The molecule has 0 spiro atoms. The van der Waals surface area contributed by atoms with Crippen LogP contribution in [0, 0.1) is 0 Å². The van der Waals surface area contributed by atoms with Gasteiger partial charge in [0.15, 0.2) is 0 Å². The van der Waals surface area contributed by atoms with Crippen LogP contribution in [0.2, 0.25) is 0 Å². The fourth-order valence-electron chi connectivity index (χ4n) is 0.721. The maximum Gasteiger partial charge on any atom is 0.343 e. The van der Waals surface area contributed by atoms with E-state index in [0.717, 1.165) is 23.5 Å². The van der Waals surface area contributed by atoms with E-state index in [-0.39, 0.29) is 4.24 Å². The highest BCUT2D eigenvalue weighted by Gasteiger charge is 2.36. The molecule has 0 unspecified atom stereocenters. The monoisotopic (exact) mass is 233 g/mol. The molecule has 0 atom stereocenters. The highest BCUT2D eigenvalue weighted by molar-refractivity contribution is 8.39. The summed E-state index contributed by atoms with van der Waals surface area (Å²) in [7, 11) is 0. The van der Waals surface area contributed by atoms with Crippen LogP contribution in [-0.4, -0.2) is 27.5 Å². The second kappa shape index (κ2) is 3.93. The molecule has 1 rings (SSSR count). The summed E-state index contributed by atoms with van der Waals surface area (Å²) >= 11 is 1.74. The predicted molar refractivity (Wildman–Crippen MR) is 50.9 cm³/mol. The van der Waals surface area contributed by atoms with E-state index < -0.39 is 27.9 Å². The van der Waals surface area contributed by atoms with Crippen LogP contribution in [0.5, 0.6) is 0 Å². The Hall–Kier alpha value is -1.15. The molecule has 6 nitrogen and oxygen atoms in total. The molecule has 1 aliphatic rings. The van der Waals surface area contributed by atoms with Gasteiger partial charge in [0.2, 0.25) is 0 Å². The summed E-state index contributed by atoms with van der Waals surface area (Å²) < 4.78 is -0.450. The van der Waals surface area contributed by atoms with Crippen molar-refractivity contribution in [1.82, 2.24) is 5.73 Å². The molecule has 0 bridgehead atoms. The smallest absolute Gasteiger partial charge is 0.343 e. The first-order valence-corrected chi connectivity index (χ1v) is 5.05. The highest BCUT2D eigenvalue weighted by atomic mass is 32.3. The zero-order valence-corrected chi connectivity index (χ0v) is 8.28. The molecule has 14 heavy (non-hydrogen) atoms. The van der Waals surface area contributed by atoms with Gasteiger partial charge in [0.1, 0.15) is 10.2 Å². The average molecular weight is 233 g/mol. The number of amides is 2. The third-order valence-corrected chi connectivity index (χ3v) is 4.15. The summed E-state index contributed by atoms with van der Waals surface area (Å²) in [4.78, 5) is 31.7. The lowest BCUT2D eigenvalue weighted by Crippen LogP contribution is -2.27. The standard InChI is InChI=1S/C6H5N2O4S2/c7-2(9)1(4(11)12)5-13-6(14-5)3(8)10/h6,8H,(H2,7,9)(H,11,12). The Bertz CT molecular complexity index is 328. The number of aliphatic carboxylic acids is 1. The number of thioether (sulfide) groups is 2. The predicted octanol–water partition coefficient (Wildman–Crippen LogP) is -0.616. The van der Waals surface area contributed by atoms with E-state index in [1.165, 1.54) is 0 Å². The van der Waals surface area contributed by atoms with Crippen molar-refractivity contribution in [2.75, 3.05) is 0 Å². The number of rotatable bonds is 3. The van der Waals surface area contributed by atoms with E-state index >= 15 is 0 Å². The molecule has 1 saturated heterocycles. The maximum atomic E-state index is 10.7. The molecule has 8 heteroatoms. The van der Waals surface area contributed by atoms with Crippen LogP contribution in [0.15, 0.2) is 9.81 Å². The number of hydrogen-bond donors (Lipinski definition) is 2. The first-order valence-electron chi connectivity index (χ1n) is 3.29. The van der Waals surface area contributed by atoms with Crippen molar-refractivity contribution in [1.29, 1.82) is 0 Å². The molecule has 0 aliphatic carbocycles. The van der Waals surface area contributed by atoms with Crippen molar-refractivity contribution >= 4 is 41.3 Å².